The van der Waals surface area contributed by atoms with Crippen molar-refractivity contribution in [3.05, 3.63) is 30.5 Å². The smallest absolute Gasteiger partial charge is 0.0951 e. The Hall–Kier alpha value is -1.77. The van der Waals surface area contributed by atoms with Gasteiger partial charge in [-0.1, -0.05) is 6.42 Å². The van der Waals surface area contributed by atoms with Crippen LogP contribution in [0.25, 0.3) is 10.9 Å². The van der Waals surface area contributed by atoms with Crippen LogP contribution in [0.1, 0.15) is 26.2 Å². The van der Waals surface area contributed by atoms with Crippen LogP contribution in [0.15, 0.2) is 30.5 Å². The normalized spacial score (nSPS) is 15.4. The largest absolute Gasteiger partial charge is 0.397 e. The third kappa shape index (κ3) is 2.25. The standard InChI is InChI=1S/C16H21N3/c1-2-19(11-12-5-3-6-12)15-9-8-14(17)16-13(15)7-4-10-18-16/h4,7-10,12H,2-3,5-6,11,17H2,1H3. The van der Waals surface area contributed by atoms with Crippen LogP contribution in [0.3, 0.4) is 0 Å². The fraction of sp³-hybridized carbons (Fsp3) is 0.438. The Morgan fingerprint density at radius 2 is 2.16 bits per heavy atom. The van der Waals surface area contributed by atoms with Crippen molar-refractivity contribution in [2.45, 2.75) is 26.2 Å². The Labute approximate surface area is 114 Å². The molecule has 0 atom stereocenters. The van der Waals surface area contributed by atoms with Gasteiger partial charge in [0.1, 0.15) is 0 Å². The minimum atomic E-state index is 0.763. The lowest BCUT2D eigenvalue weighted by Gasteiger charge is -2.33. The van der Waals surface area contributed by atoms with Gasteiger partial charge in [0, 0.05) is 30.4 Å². The van der Waals surface area contributed by atoms with Crippen LogP contribution in [0.4, 0.5) is 11.4 Å². The number of anilines is 2. The molecule has 3 rings (SSSR count). The van der Waals surface area contributed by atoms with E-state index < -0.39 is 0 Å². The third-order valence-corrected chi connectivity index (χ3v) is 4.20. The van der Waals surface area contributed by atoms with E-state index in [1.807, 2.05) is 18.3 Å². The van der Waals surface area contributed by atoms with Gasteiger partial charge in [0.25, 0.3) is 0 Å². The maximum atomic E-state index is 6.02. The lowest BCUT2D eigenvalue weighted by Crippen LogP contribution is -2.32. The summed E-state index contributed by atoms with van der Waals surface area (Å²) in [5, 5.41) is 1.17. The van der Waals surface area contributed by atoms with Crippen LogP contribution in [0, 0.1) is 5.92 Å². The zero-order chi connectivity index (χ0) is 13.2. The Morgan fingerprint density at radius 3 is 2.84 bits per heavy atom. The second-order valence-corrected chi connectivity index (χ2v) is 5.41. The number of pyridine rings is 1. The molecule has 0 unspecified atom stereocenters. The van der Waals surface area contributed by atoms with Crippen molar-refractivity contribution in [1.82, 2.24) is 4.98 Å². The molecule has 100 valence electrons. The maximum Gasteiger partial charge on any atom is 0.0951 e. The number of benzene rings is 1. The zero-order valence-corrected chi connectivity index (χ0v) is 11.5. The molecule has 0 saturated heterocycles. The molecule has 1 heterocycles. The molecule has 0 radical (unpaired) electrons. The summed E-state index contributed by atoms with van der Waals surface area (Å²) in [6, 6.07) is 8.23. The van der Waals surface area contributed by atoms with E-state index in [4.69, 9.17) is 5.73 Å². The van der Waals surface area contributed by atoms with Gasteiger partial charge in [-0.2, -0.15) is 0 Å². The fourth-order valence-electron chi connectivity index (χ4n) is 2.84. The van der Waals surface area contributed by atoms with Gasteiger partial charge in [-0.05, 0) is 49.9 Å². The molecule has 0 spiro atoms. The van der Waals surface area contributed by atoms with Crippen molar-refractivity contribution in [2.75, 3.05) is 23.7 Å². The van der Waals surface area contributed by atoms with Gasteiger partial charge in [-0.3, -0.25) is 4.98 Å². The second kappa shape index (κ2) is 5.08. The highest BCUT2D eigenvalue weighted by Gasteiger charge is 2.21. The summed E-state index contributed by atoms with van der Waals surface area (Å²) >= 11 is 0. The first-order valence-electron chi connectivity index (χ1n) is 7.17. The highest BCUT2D eigenvalue weighted by molar-refractivity contribution is 5.98. The molecule has 1 aliphatic rings. The van der Waals surface area contributed by atoms with Gasteiger partial charge in [0.15, 0.2) is 0 Å². The molecule has 1 aromatic heterocycles. The van der Waals surface area contributed by atoms with E-state index >= 15 is 0 Å². The highest BCUT2D eigenvalue weighted by Crippen LogP contribution is 2.33. The average Bonchev–Trinajstić information content (AvgIpc) is 2.40. The molecular weight excluding hydrogens is 234 g/mol. The monoisotopic (exact) mass is 255 g/mol. The van der Waals surface area contributed by atoms with Crippen LogP contribution in [-0.4, -0.2) is 18.1 Å². The minimum absolute atomic E-state index is 0.763. The lowest BCUT2D eigenvalue weighted by molar-refractivity contribution is 0.319. The summed E-state index contributed by atoms with van der Waals surface area (Å²) in [6.45, 7) is 4.41. The van der Waals surface area contributed by atoms with Gasteiger partial charge >= 0.3 is 0 Å². The molecule has 0 aliphatic heterocycles. The van der Waals surface area contributed by atoms with Gasteiger partial charge in [-0.15, -0.1) is 0 Å². The molecule has 3 nitrogen and oxygen atoms in total. The topological polar surface area (TPSA) is 42.1 Å². The van der Waals surface area contributed by atoms with E-state index in [9.17, 15) is 0 Å². The number of nitrogen functional groups attached to an aromatic ring is 1. The predicted octanol–water partition coefficient (Wildman–Crippen LogP) is 3.44. The van der Waals surface area contributed by atoms with E-state index in [0.717, 1.165) is 30.2 Å². The molecule has 1 aromatic carbocycles. The second-order valence-electron chi connectivity index (χ2n) is 5.41. The van der Waals surface area contributed by atoms with Gasteiger partial charge in [-0.25, -0.2) is 0 Å². The van der Waals surface area contributed by atoms with Crippen molar-refractivity contribution >= 4 is 22.3 Å². The first-order chi connectivity index (χ1) is 9.29. The van der Waals surface area contributed by atoms with Crippen molar-refractivity contribution in [3.8, 4) is 0 Å². The van der Waals surface area contributed by atoms with E-state index in [2.05, 4.69) is 28.9 Å². The fourth-order valence-corrected chi connectivity index (χ4v) is 2.84. The van der Waals surface area contributed by atoms with Gasteiger partial charge < -0.3 is 10.6 Å². The lowest BCUT2D eigenvalue weighted by atomic mass is 9.85. The molecule has 2 N–H and O–H groups in total. The molecular formula is C16H21N3. The summed E-state index contributed by atoms with van der Waals surface area (Å²) in [4.78, 5) is 6.89. The highest BCUT2D eigenvalue weighted by atomic mass is 15.1. The summed E-state index contributed by atoms with van der Waals surface area (Å²) < 4.78 is 0. The molecule has 0 amide bonds. The first-order valence-corrected chi connectivity index (χ1v) is 7.17. The number of nitrogens with zero attached hydrogens (tertiary/aromatic N) is 2. The van der Waals surface area contributed by atoms with Crippen LogP contribution in [0.5, 0.6) is 0 Å². The molecule has 1 fully saturated rings. The van der Waals surface area contributed by atoms with Crippen LogP contribution >= 0.6 is 0 Å². The van der Waals surface area contributed by atoms with E-state index in [-0.39, 0.29) is 0 Å². The Kier molecular flexibility index (Phi) is 3.28. The van der Waals surface area contributed by atoms with Crippen molar-refractivity contribution < 1.29 is 0 Å². The van der Waals surface area contributed by atoms with E-state index in [1.54, 1.807) is 0 Å². The molecule has 19 heavy (non-hydrogen) atoms. The van der Waals surface area contributed by atoms with Crippen LogP contribution < -0.4 is 10.6 Å². The molecule has 2 aromatic rings. The van der Waals surface area contributed by atoms with E-state index in [0.29, 0.717) is 0 Å². The van der Waals surface area contributed by atoms with Crippen molar-refractivity contribution in [2.24, 2.45) is 5.92 Å². The number of fused-ring (bicyclic) bond motifs is 1. The number of aromatic nitrogens is 1. The molecule has 1 saturated carbocycles. The molecule has 1 aliphatic carbocycles. The van der Waals surface area contributed by atoms with E-state index in [1.165, 1.54) is 30.3 Å². The summed E-state index contributed by atoms with van der Waals surface area (Å²) in [5.41, 5.74) is 8.98. The van der Waals surface area contributed by atoms with Crippen LogP contribution in [-0.2, 0) is 0 Å². The van der Waals surface area contributed by atoms with Gasteiger partial charge in [0.2, 0.25) is 0 Å². The first kappa shape index (κ1) is 12.3. The Bertz CT molecular complexity index is 575. The number of nitrogens with two attached hydrogens (primary N) is 1. The predicted molar refractivity (Wildman–Crippen MR) is 81.4 cm³/mol. The summed E-state index contributed by atoms with van der Waals surface area (Å²) in [7, 11) is 0. The zero-order valence-electron chi connectivity index (χ0n) is 11.5. The number of rotatable bonds is 4. The molecule has 3 heteroatoms. The van der Waals surface area contributed by atoms with Gasteiger partial charge in [0.05, 0.1) is 11.2 Å². The number of hydrogen-bond acceptors (Lipinski definition) is 3. The summed E-state index contributed by atoms with van der Waals surface area (Å²) in [6.07, 6.45) is 5.96. The third-order valence-electron chi connectivity index (χ3n) is 4.20. The van der Waals surface area contributed by atoms with Crippen LogP contribution in [0.2, 0.25) is 0 Å². The minimum Gasteiger partial charge on any atom is -0.397 e. The molecule has 0 bridgehead atoms. The quantitative estimate of drug-likeness (QED) is 0.851. The van der Waals surface area contributed by atoms with Crippen molar-refractivity contribution in [3.63, 3.8) is 0 Å². The summed E-state index contributed by atoms with van der Waals surface area (Å²) in [5.74, 6) is 0.865. The Morgan fingerprint density at radius 1 is 1.32 bits per heavy atom. The number of hydrogen-bond donors (Lipinski definition) is 1. The van der Waals surface area contributed by atoms with Crippen molar-refractivity contribution in [1.29, 1.82) is 0 Å². The SMILES string of the molecule is CCN(CC1CCC1)c1ccc(N)c2ncccc12. The Balaban J connectivity index is 2.00. The maximum absolute atomic E-state index is 6.02. The average molecular weight is 255 g/mol.